The zero-order chi connectivity index (χ0) is 14.8. The van der Waals surface area contributed by atoms with E-state index in [-0.39, 0.29) is 0 Å². The van der Waals surface area contributed by atoms with E-state index in [0.717, 1.165) is 31.7 Å². The molecule has 0 aliphatic heterocycles. The largest absolute Gasteiger partial charge is 0.475 e. The van der Waals surface area contributed by atoms with Gasteiger partial charge in [0.25, 0.3) is 0 Å². The van der Waals surface area contributed by atoms with Gasteiger partial charge in [-0.1, -0.05) is 27.2 Å². The second kappa shape index (κ2) is 9.72. The highest BCUT2D eigenvalue weighted by atomic mass is 16.5. The first-order valence-corrected chi connectivity index (χ1v) is 7.59. The Bertz CT molecular complexity index is 381. The summed E-state index contributed by atoms with van der Waals surface area (Å²) in [6, 6.07) is 4.65. The second-order valence-electron chi connectivity index (χ2n) is 5.14. The number of rotatable bonds is 10. The van der Waals surface area contributed by atoms with Crippen molar-refractivity contribution in [2.24, 2.45) is 0 Å². The average molecular weight is 280 g/mol. The molecular formula is C16H28N2O2. The van der Waals surface area contributed by atoms with Gasteiger partial charge in [0.2, 0.25) is 5.88 Å². The van der Waals surface area contributed by atoms with Crippen LogP contribution in [0.1, 0.15) is 45.4 Å². The Balaban J connectivity index is 2.65. The molecule has 1 aromatic rings. The molecular weight excluding hydrogens is 252 g/mol. The van der Waals surface area contributed by atoms with Gasteiger partial charge in [0.05, 0.1) is 6.61 Å². The van der Waals surface area contributed by atoms with Gasteiger partial charge in [0, 0.05) is 31.0 Å². The van der Waals surface area contributed by atoms with Crippen molar-refractivity contribution >= 4 is 0 Å². The normalized spacial score (nSPS) is 11.1. The quantitative estimate of drug-likeness (QED) is 0.669. The molecule has 20 heavy (non-hydrogen) atoms. The number of nitrogens with zero attached hydrogens (tertiary/aromatic N) is 1. The Kier molecular flexibility index (Phi) is 8.23. The lowest BCUT2D eigenvalue weighted by Crippen LogP contribution is -2.22. The lowest BCUT2D eigenvalue weighted by Gasteiger charge is -2.12. The van der Waals surface area contributed by atoms with Crippen molar-refractivity contribution in [3.8, 4) is 5.88 Å². The maximum absolute atomic E-state index is 5.68. The summed E-state index contributed by atoms with van der Waals surface area (Å²) in [7, 11) is 0. The summed E-state index contributed by atoms with van der Waals surface area (Å²) >= 11 is 0. The van der Waals surface area contributed by atoms with Gasteiger partial charge in [-0.15, -0.1) is 0 Å². The minimum Gasteiger partial charge on any atom is -0.475 e. The average Bonchev–Trinajstić information content (AvgIpc) is 2.42. The predicted octanol–water partition coefficient (Wildman–Crippen LogP) is 2.95. The van der Waals surface area contributed by atoms with Crippen LogP contribution in [0.4, 0.5) is 0 Å². The van der Waals surface area contributed by atoms with E-state index in [2.05, 4.69) is 37.1 Å². The minimum absolute atomic E-state index is 0.472. The number of aryl methyl sites for hydroxylation is 1. The van der Waals surface area contributed by atoms with Gasteiger partial charge in [-0.3, -0.25) is 0 Å². The summed E-state index contributed by atoms with van der Waals surface area (Å²) in [6.45, 7) is 11.2. The molecule has 0 spiro atoms. The van der Waals surface area contributed by atoms with Crippen LogP contribution in [0, 0.1) is 0 Å². The van der Waals surface area contributed by atoms with Crippen LogP contribution >= 0.6 is 0 Å². The second-order valence-corrected chi connectivity index (χ2v) is 5.14. The molecule has 0 radical (unpaired) electrons. The number of ether oxygens (including phenoxy) is 2. The highest BCUT2D eigenvalue weighted by Gasteiger charge is 2.04. The van der Waals surface area contributed by atoms with E-state index >= 15 is 0 Å². The zero-order valence-corrected chi connectivity index (χ0v) is 13.2. The molecule has 0 aromatic carbocycles. The third-order valence-corrected chi connectivity index (χ3v) is 2.82. The third kappa shape index (κ3) is 6.87. The fourth-order valence-electron chi connectivity index (χ4n) is 1.85. The Labute approximate surface area is 122 Å². The van der Waals surface area contributed by atoms with E-state index in [1.54, 1.807) is 0 Å². The molecule has 0 unspecified atom stereocenters. The lowest BCUT2D eigenvalue weighted by molar-refractivity contribution is 0.108. The van der Waals surface area contributed by atoms with E-state index in [4.69, 9.17) is 9.47 Å². The SMILES string of the molecule is CCCc1cc(CNC(C)C)cc(OCCOCC)n1. The topological polar surface area (TPSA) is 43.4 Å². The standard InChI is InChI=1S/C16H28N2O2/c1-5-7-15-10-14(12-17-13(3)4)11-16(18-15)20-9-8-19-6-2/h10-11,13,17H,5-9,12H2,1-4H3. The van der Waals surface area contributed by atoms with Crippen molar-refractivity contribution in [1.82, 2.24) is 10.3 Å². The van der Waals surface area contributed by atoms with Gasteiger partial charge >= 0.3 is 0 Å². The van der Waals surface area contributed by atoms with Gasteiger partial charge < -0.3 is 14.8 Å². The van der Waals surface area contributed by atoms with E-state index in [1.165, 1.54) is 5.56 Å². The summed E-state index contributed by atoms with van der Waals surface area (Å²) in [5.74, 6) is 0.705. The van der Waals surface area contributed by atoms with Crippen molar-refractivity contribution in [1.29, 1.82) is 0 Å². The molecule has 0 bridgehead atoms. The monoisotopic (exact) mass is 280 g/mol. The van der Waals surface area contributed by atoms with Crippen LogP contribution in [0.15, 0.2) is 12.1 Å². The Morgan fingerprint density at radius 2 is 2.00 bits per heavy atom. The first kappa shape index (κ1) is 16.9. The molecule has 4 nitrogen and oxygen atoms in total. The maximum atomic E-state index is 5.68. The van der Waals surface area contributed by atoms with Crippen LogP contribution < -0.4 is 10.1 Å². The molecule has 1 rings (SSSR count). The first-order chi connectivity index (χ1) is 9.65. The molecule has 1 aromatic heterocycles. The smallest absolute Gasteiger partial charge is 0.213 e. The van der Waals surface area contributed by atoms with E-state index in [9.17, 15) is 0 Å². The minimum atomic E-state index is 0.472. The molecule has 0 amide bonds. The molecule has 1 heterocycles. The predicted molar refractivity (Wildman–Crippen MR) is 82.2 cm³/mol. The Morgan fingerprint density at radius 3 is 2.65 bits per heavy atom. The number of hydrogen-bond donors (Lipinski definition) is 1. The fourth-order valence-corrected chi connectivity index (χ4v) is 1.85. The van der Waals surface area contributed by atoms with Crippen LogP contribution in [-0.2, 0) is 17.7 Å². The van der Waals surface area contributed by atoms with Gasteiger partial charge in [-0.05, 0) is 25.0 Å². The van der Waals surface area contributed by atoms with Crippen LogP contribution in [0.25, 0.3) is 0 Å². The fraction of sp³-hybridized carbons (Fsp3) is 0.688. The number of aromatic nitrogens is 1. The van der Waals surface area contributed by atoms with E-state index in [0.29, 0.717) is 25.1 Å². The molecule has 114 valence electrons. The highest BCUT2D eigenvalue weighted by Crippen LogP contribution is 2.14. The van der Waals surface area contributed by atoms with Gasteiger partial charge in [0.15, 0.2) is 0 Å². The van der Waals surface area contributed by atoms with E-state index in [1.807, 2.05) is 13.0 Å². The van der Waals surface area contributed by atoms with Crippen LogP contribution in [-0.4, -0.2) is 30.8 Å². The summed E-state index contributed by atoms with van der Waals surface area (Å²) in [6.07, 6.45) is 2.07. The van der Waals surface area contributed by atoms with Crippen molar-refractivity contribution in [2.45, 2.75) is 53.1 Å². The highest BCUT2D eigenvalue weighted by molar-refractivity contribution is 5.25. The summed E-state index contributed by atoms with van der Waals surface area (Å²) in [4.78, 5) is 4.54. The Morgan fingerprint density at radius 1 is 1.20 bits per heavy atom. The van der Waals surface area contributed by atoms with Gasteiger partial charge in [-0.2, -0.15) is 0 Å². The maximum Gasteiger partial charge on any atom is 0.213 e. The molecule has 0 aliphatic carbocycles. The van der Waals surface area contributed by atoms with Gasteiger partial charge in [-0.25, -0.2) is 4.98 Å². The third-order valence-electron chi connectivity index (χ3n) is 2.82. The number of pyridine rings is 1. The van der Waals surface area contributed by atoms with Crippen molar-refractivity contribution < 1.29 is 9.47 Å². The zero-order valence-electron chi connectivity index (χ0n) is 13.2. The molecule has 0 atom stereocenters. The summed E-state index contributed by atoms with van der Waals surface area (Å²) in [5.41, 5.74) is 2.32. The molecule has 1 N–H and O–H groups in total. The van der Waals surface area contributed by atoms with E-state index < -0.39 is 0 Å². The van der Waals surface area contributed by atoms with Crippen molar-refractivity contribution in [3.05, 3.63) is 23.4 Å². The summed E-state index contributed by atoms with van der Waals surface area (Å²) in [5, 5.41) is 3.43. The molecule has 0 saturated heterocycles. The molecule has 4 heteroatoms. The van der Waals surface area contributed by atoms with Gasteiger partial charge in [0.1, 0.15) is 6.61 Å². The Hall–Kier alpha value is -1.13. The van der Waals surface area contributed by atoms with Crippen molar-refractivity contribution in [3.63, 3.8) is 0 Å². The van der Waals surface area contributed by atoms with Crippen LogP contribution in [0.5, 0.6) is 5.88 Å². The molecule has 0 aliphatic rings. The first-order valence-electron chi connectivity index (χ1n) is 7.59. The number of hydrogen-bond acceptors (Lipinski definition) is 4. The lowest BCUT2D eigenvalue weighted by atomic mass is 10.1. The van der Waals surface area contributed by atoms with Crippen LogP contribution in [0.2, 0.25) is 0 Å². The van der Waals surface area contributed by atoms with Crippen LogP contribution in [0.3, 0.4) is 0 Å². The summed E-state index contributed by atoms with van der Waals surface area (Å²) < 4.78 is 11.0. The molecule has 0 fully saturated rings. The number of nitrogens with one attached hydrogen (secondary N) is 1. The molecule has 0 saturated carbocycles. The van der Waals surface area contributed by atoms with Crippen molar-refractivity contribution in [2.75, 3.05) is 19.8 Å².